The fraction of sp³-hybridized carbons (Fsp3) is 0.250. The summed E-state index contributed by atoms with van der Waals surface area (Å²) in [6, 6.07) is 6.02. The largest absolute Gasteiger partial charge is 0.339 e. The molecule has 0 bridgehead atoms. The van der Waals surface area contributed by atoms with Crippen LogP contribution in [-0.2, 0) is 6.42 Å². The Morgan fingerprint density at radius 3 is 3.00 bits per heavy atom. The molecule has 2 rings (SSSR count). The Morgan fingerprint density at radius 2 is 2.33 bits per heavy atom. The van der Waals surface area contributed by atoms with Gasteiger partial charge in [-0.1, -0.05) is 16.8 Å². The summed E-state index contributed by atoms with van der Waals surface area (Å²) in [5.74, 6) is 0.0205. The van der Waals surface area contributed by atoms with E-state index in [0.29, 0.717) is 23.7 Å². The number of rotatable bonds is 3. The Bertz CT molecular complexity index is 606. The molecule has 1 atom stereocenters. The molecule has 0 saturated heterocycles. The van der Waals surface area contributed by atoms with E-state index < -0.39 is 5.82 Å². The number of hydrogen-bond acceptors (Lipinski definition) is 4. The fourth-order valence-electron chi connectivity index (χ4n) is 1.43. The molecule has 0 spiro atoms. The Balaban J connectivity index is 2.27. The SMILES string of the molecule is CC(C#N)Cc1nc(-c2ccc(F)cc2Cl)no1. The summed E-state index contributed by atoms with van der Waals surface area (Å²) in [5, 5.41) is 12.7. The van der Waals surface area contributed by atoms with Crippen molar-refractivity contribution in [3.05, 3.63) is 34.9 Å². The van der Waals surface area contributed by atoms with Crippen molar-refractivity contribution in [2.24, 2.45) is 5.92 Å². The quantitative estimate of drug-likeness (QED) is 0.855. The molecule has 1 unspecified atom stereocenters. The first kappa shape index (κ1) is 12.5. The Labute approximate surface area is 108 Å². The molecule has 92 valence electrons. The van der Waals surface area contributed by atoms with Gasteiger partial charge in [-0.3, -0.25) is 0 Å². The molecule has 2 aromatic rings. The maximum Gasteiger partial charge on any atom is 0.228 e. The molecule has 1 aromatic heterocycles. The van der Waals surface area contributed by atoms with Crippen molar-refractivity contribution in [3.63, 3.8) is 0 Å². The molecule has 18 heavy (non-hydrogen) atoms. The molecular weight excluding hydrogens is 257 g/mol. The van der Waals surface area contributed by atoms with Gasteiger partial charge < -0.3 is 4.52 Å². The fourth-order valence-corrected chi connectivity index (χ4v) is 1.68. The Kier molecular flexibility index (Phi) is 3.58. The van der Waals surface area contributed by atoms with Gasteiger partial charge in [-0.05, 0) is 25.1 Å². The lowest BCUT2D eigenvalue weighted by Gasteiger charge is -1.98. The Hall–Kier alpha value is -1.93. The van der Waals surface area contributed by atoms with Crippen LogP contribution >= 0.6 is 11.6 Å². The lowest BCUT2D eigenvalue weighted by molar-refractivity contribution is 0.369. The summed E-state index contributed by atoms with van der Waals surface area (Å²) in [6.07, 6.45) is 0.377. The van der Waals surface area contributed by atoms with Crippen molar-refractivity contribution >= 4 is 11.6 Å². The average molecular weight is 266 g/mol. The second kappa shape index (κ2) is 5.15. The highest BCUT2D eigenvalue weighted by atomic mass is 35.5. The van der Waals surface area contributed by atoms with Crippen LogP contribution in [0.1, 0.15) is 12.8 Å². The van der Waals surface area contributed by atoms with E-state index in [1.807, 2.05) is 0 Å². The number of aromatic nitrogens is 2. The van der Waals surface area contributed by atoms with Crippen molar-refractivity contribution in [1.29, 1.82) is 5.26 Å². The first-order valence-corrected chi connectivity index (χ1v) is 5.65. The maximum atomic E-state index is 12.9. The molecule has 0 aliphatic heterocycles. The monoisotopic (exact) mass is 265 g/mol. The summed E-state index contributed by atoms with van der Waals surface area (Å²) in [6.45, 7) is 1.76. The summed E-state index contributed by atoms with van der Waals surface area (Å²) < 4.78 is 17.9. The van der Waals surface area contributed by atoms with Crippen LogP contribution in [0, 0.1) is 23.1 Å². The maximum absolute atomic E-state index is 12.9. The highest BCUT2D eigenvalue weighted by Gasteiger charge is 2.14. The van der Waals surface area contributed by atoms with Gasteiger partial charge in [0.1, 0.15) is 5.82 Å². The minimum atomic E-state index is -0.425. The zero-order valence-corrected chi connectivity index (χ0v) is 10.3. The topological polar surface area (TPSA) is 62.7 Å². The van der Waals surface area contributed by atoms with Crippen LogP contribution in [0.4, 0.5) is 4.39 Å². The number of nitrogens with zero attached hydrogens (tertiary/aromatic N) is 3. The van der Waals surface area contributed by atoms with Crippen LogP contribution in [0.2, 0.25) is 5.02 Å². The van der Waals surface area contributed by atoms with Gasteiger partial charge >= 0.3 is 0 Å². The molecule has 4 nitrogen and oxygen atoms in total. The summed E-state index contributed by atoms with van der Waals surface area (Å²) in [5.41, 5.74) is 0.498. The number of benzene rings is 1. The van der Waals surface area contributed by atoms with E-state index in [2.05, 4.69) is 16.2 Å². The first-order chi connectivity index (χ1) is 8.60. The molecule has 0 aliphatic rings. The highest BCUT2D eigenvalue weighted by molar-refractivity contribution is 6.33. The molecule has 6 heteroatoms. The van der Waals surface area contributed by atoms with Crippen LogP contribution < -0.4 is 0 Å². The lowest BCUT2D eigenvalue weighted by Crippen LogP contribution is -1.96. The molecule has 0 saturated carbocycles. The average Bonchev–Trinajstić information content (AvgIpc) is 2.77. The minimum absolute atomic E-state index is 0.206. The van der Waals surface area contributed by atoms with Crippen molar-refractivity contribution in [2.45, 2.75) is 13.3 Å². The molecule has 1 aromatic carbocycles. The molecule has 0 fully saturated rings. The van der Waals surface area contributed by atoms with Gasteiger partial charge in [0, 0.05) is 12.0 Å². The summed E-state index contributed by atoms with van der Waals surface area (Å²) >= 11 is 5.89. The van der Waals surface area contributed by atoms with Crippen molar-refractivity contribution < 1.29 is 8.91 Å². The van der Waals surface area contributed by atoms with E-state index in [-0.39, 0.29) is 10.9 Å². The van der Waals surface area contributed by atoms with E-state index in [4.69, 9.17) is 21.4 Å². The first-order valence-electron chi connectivity index (χ1n) is 5.27. The van der Waals surface area contributed by atoms with E-state index >= 15 is 0 Å². The van der Waals surface area contributed by atoms with Crippen LogP contribution in [0.5, 0.6) is 0 Å². The van der Waals surface area contributed by atoms with Crippen molar-refractivity contribution in [1.82, 2.24) is 10.1 Å². The van der Waals surface area contributed by atoms with E-state index in [9.17, 15) is 4.39 Å². The van der Waals surface area contributed by atoms with Crippen molar-refractivity contribution in [3.8, 4) is 17.5 Å². The van der Waals surface area contributed by atoms with E-state index in [0.717, 1.165) is 0 Å². The lowest BCUT2D eigenvalue weighted by atomic mass is 10.1. The third kappa shape index (κ3) is 2.66. The highest BCUT2D eigenvalue weighted by Crippen LogP contribution is 2.26. The zero-order chi connectivity index (χ0) is 13.1. The molecule has 0 radical (unpaired) electrons. The van der Waals surface area contributed by atoms with E-state index in [1.165, 1.54) is 18.2 Å². The van der Waals surface area contributed by atoms with Crippen LogP contribution in [-0.4, -0.2) is 10.1 Å². The molecule has 0 aliphatic carbocycles. The number of nitriles is 1. The van der Waals surface area contributed by atoms with Gasteiger partial charge in [-0.15, -0.1) is 0 Å². The third-order valence-electron chi connectivity index (χ3n) is 2.34. The normalized spacial score (nSPS) is 12.1. The predicted molar refractivity (Wildman–Crippen MR) is 63.2 cm³/mol. The predicted octanol–water partition coefficient (Wildman–Crippen LogP) is 3.23. The Morgan fingerprint density at radius 1 is 1.56 bits per heavy atom. The van der Waals surface area contributed by atoms with Gasteiger partial charge in [0.15, 0.2) is 0 Å². The zero-order valence-electron chi connectivity index (χ0n) is 9.52. The molecule has 0 amide bonds. The van der Waals surface area contributed by atoms with Gasteiger partial charge in [-0.25, -0.2) is 4.39 Å². The van der Waals surface area contributed by atoms with E-state index in [1.54, 1.807) is 6.92 Å². The minimum Gasteiger partial charge on any atom is -0.339 e. The van der Waals surface area contributed by atoms with Crippen LogP contribution in [0.25, 0.3) is 11.4 Å². The standard InChI is InChI=1S/C12H9ClFN3O/c1-7(6-15)4-11-16-12(17-18-11)9-3-2-8(14)5-10(9)13/h2-3,5,7H,4H2,1H3. The van der Waals surface area contributed by atoms with Crippen LogP contribution in [0.3, 0.4) is 0 Å². The van der Waals surface area contributed by atoms with Gasteiger partial charge in [-0.2, -0.15) is 10.2 Å². The van der Waals surface area contributed by atoms with Gasteiger partial charge in [0.2, 0.25) is 11.7 Å². The number of hydrogen-bond donors (Lipinski definition) is 0. The number of halogens is 2. The second-order valence-corrected chi connectivity index (χ2v) is 4.28. The summed E-state index contributed by atoms with van der Waals surface area (Å²) in [7, 11) is 0. The molecular formula is C12H9ClFN3O. The van der Waals surface area contributed by atoms with Gasteiger partial charge in [0.25, 0.3) is 0 Å². The summed E-state index contributed by atoms with van der Waals surface area (Å²) in [4.78, 5) is 4.12. The molecule has 0 N–H and O–H groups in total. The molecule has 1 heterocycles. The second-order valence-electron chi connectivity index (χ2n) is 3.87. The third-order valence-corrected chi connectivity index (χ3v) is 2.65. The van der Waals surface area contributed by atoms with Crippen molar-refractivity contribution in [2.75, 3.05) is 0 Å². The van der Waals surface area contributed by atoms with Crippen LogP contribution in [0.15, 0.2) is 22.7 Å². The smallest absolute Gasteiger partial charge is 0.228 e. The van der Waals surface area contributed by atoms with Gasteiger partial charge in [0.05, 0.1) is 17.0 Å².